The summed E-state index contributed by atoms with van der Waals surface area (Å²) in [5, 5.41) is 12.5. The van der Waals surface area contributed by atoms with Gasteiger partial charge in [0.05, 0.1) is 10.4 Å². The Labute approximate surface area is 180 Å². The number of carbonyl (C=O) groups excluding carboxylic acids is 1. The molecule has 3 rings (SSSR count). The van der Waals surface area contributed by atoms with Gasteiger partial charge in [0, 0.05) is 18.0 Å². The molecule has 0 radical (unpaired) electrons. The van der Waals surface area contributed by atoms with Crippen LogP contribution in [0.3, 0.4) is 0 Å². The highest BCUT2D eigenvalue weighted by Gasteiger charge is 2.27. The highest BCUT2D eigenvalue weighted by Crippen LogP contribution is 2.27. The molecule has 1 heterocycles. The number of aliphatic carboxylic acids is 1. The topological polar surface area (TPSA) is 115 Å². The van der Waals surface area contributed by atoms with E-state index in [-0.39, 0.29) is 11.3 Å². The first-order chi connectivity index (χ1) is 14.5. The van der Waals surface area contributed by atoms with Gasteiger partial charge >= 0.3 is 12.1 Å². The van der Waals surface area contributed by atoms with Crippen LogP contribution < -0.4 is 5.32 Å². The summed E-state index contributed by atoms with van der Waals surface area (Å²) >= 11 is 0. The second kappa shape index (κ2) is 8.43. The summed E-state index contributed by atoms with van der Waals surface area (Å²) in [5.41, 5.74) is 0.105. The van der Waals surface area contributed by atoms with Gasteiger partial charge in [0.1, 0.15) is 11.6 Å². The van der Waals surface area contributed by atoms with Crippen molar-refractivity contribution in [1.29, 1.82) is 0 Å². The van der Waals surface area contributed by atoms with Crippen LogP contribution in [0.2, 0.25) is 0 Å². The first-order valence-corrected chi connectivity index (χ1v) is 11.0. The quantitative estimate of drug-likeness (QED) is 0.602. The van der Waals surface area contributed by atoms with Crippen molar-refractivity contribution in [2.75, 3.05) is 0 Å². The predicted molar refractivity (Wildman–Crippen MR) is 115 cm³/mol. The zero-order valence-electron chi connectivity index (χ0n) is 17.4. The summed E-state index contributed by atoms with van der Waals surface area (Å²) < 4.78 is 32.6. The third kappa shape index (κ3) is 5.05. The van der Waals surface area contributed by atoms with Crippen LogP contribution in [-0.4, -0.2) is 41.2 Å². The molecule has 3 aromatic rings. The normalized spacial score (nSPS) is 13.0. The second-order valence-electron chi connectivity index (χ2n) is 8.03. The number of aromatic nitrogens is 1. The summed E-state index contributed by atoms with van der Waals surface area (Å²) in [6, 6.07) is 13.5. The van der Waals surface area contributed by atoms with Gasteiger partial charge in [-0.1, -0.05) is 36.4 Å². The van der Waals surface area contributed by atoms with Gasteiger partial charge < -0.3 is 15.2 Å². The van der Waals surface area contributed by atoms with E-state index in [9.17, 15) is 23.1 Å². The van der Waals surface area contributed by atoms with Crippen LogP contribution in [-0.2, 0) is 26.0 Å². The summed E-state index contributed by atoms with van der Waals surface area (Å²) in [6.07, 6.45) is 0.423. The average molecular weight is 445 g/mol. The molecule has 0 aliphatic carbocycles. The lowest BCUT2D eigenvalue weighted by Crippen LogP contribution is -2.44. The van der Waals surface area contributed by atoms with Gasteiger partial charge in [-0.05, 0) is 44.5 Å². The Bertz CT molecular complexity index is 1210. The molecule has 0 saturated heterocycles. The Morgan fingerprint density at radius 2 is 1.68 bits per heavy atom. The minimum absolute atomic E-state index is 0.115. The Morgan fingerprint density at radius 3 is 2.29 bits per heavy atom. The van der Waals surface area contributed by atoms with E-state index in [1.807, 2.05) is 0 Å². The fraction of sp³-hybridized carbons (Fsp3) is 0.273. The number of benzene rings is 2. The zero-order valence-corrected chi connectivity index (χ0v) is 18.2. The van der Waals surface area contributed by atoms with E-state index in [2.05, 4.69) is 5.32 Å². The summed E-state index contributed by atoms with van der Waals surface area (Å²) in [6.45, 7) is 5.01. The predicted octanol–water partition coefficient (Wildman–Crippen LogP) is 3.40. The van der Waals surface area contributed by atoms with Crippen molar-refractivity contribution in [3.8, 4) is 0 Å². The van der Waals surface area contributed by atoms with Crippen molar-refractivity contribution in [3.63, 3.8) is 0 Å². The van der Waals surface area contributed by atoms with Crippen molar-refractivity contribution < 1.29 is 27.9 Å². The highest BCUT2D eigenvalue weighted by molar-refractivity contribution is 7.90. The molecule has 2 aromatic carbocycles. The molecule has 1 aromatic heterocycles. The molecule has 164 valence electrons. The number of hydrogen-bond donors (Lipinski definition) is 2. The van der Waals surface area contributed by atoms with Gasteiger partial charge in [0.25, 0.3) is 10.0 Å². The van der Waals surface area contributed by atoms with E-state index in [4.69, 9.17) is 4.74 Å². The number of rotatable bonds is 6. The number of carbonyl (C=O) groups is 2. The molecular weight excluding hydrogens is 420 g/mol. The van der Waals surface area contributed by atoms with Crippen molar-refractivity contribution in [1.82, 2.24) is 9.29 Å². The minimum atomic E-state index is -3.89. The monoisotopic (exact) mass is 444 g/mol. The highest BCUT2D eigenvalue weighted by atomic mass is 32.2. The van der Waals surface area contributed by atoms with Crippen molar-refractivity contribution >= 4 is 33.0 Å². The molecule has 0 aliphatic heterocycles. The first kappa shape index (κ1) is 22.4. The second-order valence-corrected chi connectivity index (χ2v) is 9.84. The number of nitrogens with zero attached hydrogens (tertiary/aromatic N) is 1. The van der Waals surface area contributed by atoms with E-state index in [1.165, 1.54) is 18.3 Å². The van der Waals surface area contributed by atoms with E-state index in [0.717, 1.165) is 3.97 Å². The lowest BCUT2D eigenvalue weighted by Gasteiger charge is -2.22. The molecule has 0 bridgehead atoms. The van der Waals surface area contributed by atoms with Gasteiger partial charge in [-0.25, -0.2) is 22.0 Å². The van der Waals surface area contributed by atoms with Crippen LogP contribution in [0, 0.1) is 0 Å². The molecule has 1 amide bonds. The maximum absolute atomic E-state index is 13.2. The van der Waals surface area contributed by atoms with Crippen molar-refractivity contribution in [2.45, 2.75) is 43.7 Å². The standard InChI is InChI=1S/C22H24N2O6S/c1-22(2,3)30-21(27)23-18(20(25)26)13-15-14-24(19-12-8-7-11-17(15)19)31(28,29)16-9-5-4-6-10-16/h4-12,14,18H,13H2,1-3H3,(H,23,27)(H,25,26)/t18-/m0/s1. The maximum atomic E-state index is 13.2. The van der Waals surface area contributed by atoms with E-state index in [1.54, 1.807) is 63.2 Å². The molecule has 31 heavy (non-hydrogen) atoms. The molecule has 0 spiro atoms. The van der Waals surface area contributed by atoms with Crippen LogP contribution in [0.4, 0.5) is 4.79 Å². The van der Waals surface area contributed by atoms with Gasteiger partial charge in [0.2, 0.25) is 0 Å². The number of carboxylic acid groups (broad SMARTS) is 1. The van der Waals surface area contributed by atoms with Crippen LogP contribution in [0.25, 0.3) is 10.9 Å². The number of fused-ring (bicyclic) bond motifs is 1. The van der Waals surface area contributed by atoms with Crippen LogP contribution in [0.1, 0.15) is 26.3 Å². The SMILES string of the molecule is CC(C)(C)OC(=O)N[C@@H](Cc1cn(S(=O)(=O)c2ccccc2)c2ccccc12)C(=O)O. The van der Waals surface area contributed by atoms with Crippen LogP contribution >= 0.6 is 0 Å². The molecule has 2 N–H and O–H groups in total. The van der Waals surface area contributed by atoms with Gasteiger partial charge in [-0.15, -0.1) is 0 Å². The summed E-state index contributed by atoms with van der Waals surface area (Å²) in [5.74, 6) is -1.26. The lowest BCUT2D eigenvalue weighted by atomic mass is 10.1. The molecule has 0 fully saturated rings. The smallest absolute Gasteiger partial charge is 0.408 e. The van der Waals surface area contributed by atoms with E-state index >= 15 is 0 Å². The molecule has 0 aliphatic rings. The number of amides is 1. The third-order valence-corrected chi connectivity index (χ3v) is 6.16. The number of carboxylic acids is 1. The molecule has 9 heteroatoms. The Kier molecular flexibility index (Phi) is 6.08. The summed E-state index contributed by atoms with van der Waals surface area (Å²) in [4.78, 5) is 24.0. The van der Waals surface area contributed by atoms with Crippen LogP contribution in [0.15, 0.2) is 65.7 Å². The number of ether oxygens (including phenoxy) is 1. The fourth-order valence-corrected chi connectivity index (χ4v) is 4.57. The van der Waals surface area contributed by atoms with Gasteiger partial charge in [-0.3, -0.25) is 0 Å². The first-order valence-electron chi connectivity index (χ1n) is 9.61. The van der Waals surface area contributed by atoms with Gasteiger partial charge in [-0.2, -0.15) is 0 Å². The Morgan fingerprint density at radius 1 is 1.06 bits per heavy atom. The van der Waals surface area contributed by atoms with Crippen molar-refractivity contribution in [2.24, 2.45) is 0 Å². The largest absolute Gasteiger partial charge is 0.480 e. The maximum Gasteiger partial charge on any atom is 0.408 e. The lowest BCUT2D eigenvalue weighted by molar-refractivity contribution is -0.139. The van der Waals surface area contributed by atoms with Crippen LogP contribution in [0.5, 0.6) is 0 Å². The fourth-order valence-electron chi connectivity index (χ4n) is 3.16. The third-order valence-electron chi connectivity index (χ3n) is 4.47. The van der Waals surface area contributed by atoms with Gasteiger partial charge in [0.15, 0.2) is 0 Å². The van der Waals surface area contributed by atoms with E-state index in [0.29, 0.717) is 16.5 Å². The number of alkyl carbamates (subject to hydrolysis) is 1. The number of para-hydroxylation sites is 1. The Hall–Kier alpha value is -3.33. The van der Waals surface area contributed by atoms with E-state index < -0.39 is 33.7 Å². The molecule has 0 saturated carbocycles. The molecule has 8 nitrogen and oxygen atoms in total. The molecule has 0 unspecified atom stereocenters. The minimum Gasteiger partial charge on any atom is -0.480 e. The van der Waals surface area contributed by atoms with Crippen molar-refractivity contribution in [3.05, 3.63) is 66.4 Å². The summed E-state index contributed by atoms with van der Waals surface area (Å²) in [7, 11) is -3.89. The number of nitrogens with one attached hydrogen (secondary N) is 1. The average Bonchev–Trinajstić information content (AvgIpc) is 3.06. The molecular formula is C22H24N2O6S. The zero-order chi connectivity index (χ0) is 22.8. The number of hydrogen-bond acceptors (Lipinski definition) is 5. The molecule has 1 atom stereocenters. The Balaban J connectivity index is 1.99.